The van der Waals surface area contributed by atoms with Gasteiger partial charge in [0.25, 0.3) is 0 Å². The Balaban J connectivity index is 2.22. The molecular weight excluding hydrogens is 358 g/mol. The molecule has 0 heterocycles. The monoisotopic (exact) mass is 370 g/mol. The number of amidine groups is 1. The fourth-order valence-electron chi connectivity index (χ4n) is 1.90. The lowest BCUT2D eigenvalue weighted by Gasteiger charge is -2.09. The molecule has 0 aliphatic rings. The second kappa shape index (κ2) is 8.29. The molecule has 2 N–H and O–H groups in total. The van der Waals surface area contributed by atoms with E-state index in [1.807, 2.05) is 0 Å². The molecule has 0 atom stereocenters. The van der Waals surface area contributed by atoms with E-state index < -0.39 is 12.6 Å². The van der Waals surface area contributed by atoms with Crippen LogP contribution in [0.3, 0.4) is 0 Å². The van der Waals surface area contributed by atoms with Gasteiger partial charge in [-0.3, -0.25) is 0 Å². The number of ether oxygens (including phenoxy) is 2. The topological polar surface area (TPSA) is 83.1 Å². The Hall–Kier alpha value is -2.87. The Morgan fingerprint density at radius 2 is 1.88 bits per heavy atom. The van der Waals surface area contributed by atoms with Crippen LogP contribution in [0.15, 0.2) is 47.6 Å². The Morgan fingerprint density at radius 3 is 2.56 bits per heavy atom. The molecule has 132 valence electrons. The number of halogens is 3. The minimum Gasteiger partial charge on any atom is -0.496 e. The van der Waals surface area contributed by atoms with Crippen LogP contribution in [0.25, 0.3) is 0 Å². The highest BCUT2D eigenvalue weighted by Gasteiger charge is 2.17. The van der Waals surface area contributed by atoms with E-state index in [-0.39, 0.29) is 17.1 Å². The van der Waals surface area contributed by atoms with Crippen LogP contribution in [0.2, 0.25) is 5.02 Å². The number of benzene rings is 2. The van der Waals surface area contributed by atoms with Crippen molar-refractivity contribution in [1.82, 2.24) is 0 Å². The number of alkyl halides is 2. The van der Waals surface area contributed by atoms with Crippen molar-refractivity contribution < 1.29 is 27.9 Å². The Morgan fingerprint density at radius 1 is 1.16 bits per heavy atom. The SMILES string of the molecule is COc1ccc(Cl)cc1/C(N)=N/OC(=O)c1ccccc1OC(F)F. The summed E-state index contributed by atoms with van der Waals surface area (Å²) < 4.78 is 34.1. The van der Waals surface area contributed by atoms with Crippen LogP contribution in [0.5, 0.6) is 11.5 Å². The molecule has 0 aliphatic heterocycles. The van der Waals surface area contributed by atoms with Gasteiger partial charge in [0.15, 0.2) is 5.84 Å². The van der Waals surface area contributed by atoms with Gasteiger partial charge in [-0.2, -0.15) is 8.78 Å². The average Bonchev–Trinajstić information content (AvgIpc) is 2.59. The summed E-state index contributed by atoms with van der Waals surface area (Å²) in [5.74, 6) is -1.17. The summed E-state index contributed by atoms with van der Waals surface area (Å²) in [5.41, 5.74) is 5.85. The average molecular weight is 371 g/mol. The molecule has 2 aromatic carbocycles. The third-order valence-electron chi connectivity index (χ3n) is 2.99. The molecule has 25 heavy (non-hydrogen) atoms. The summed E-state index contributed by atoms with van der Waals surface area (Å²) in [7, 11) is 1.42. The van der Waals surface area contributed by atoms with Crippen molar-refractivity contribution in [1.29, 1.82) is 0 Å². The quantitative estimate of drug-likeness (QED) is 0.364. The van der Waals surface area contributed by atoms with Crippen LogP contribution in [0, 0.1) is 0 Å². The number of carbonyl (C=O) groups is 1. The van der Waals surface area contributed by atoms with Crippen molar-refractivity contribution in [3.8, 4) is 11.5 Å². The molecule has 0 radical (unpaired) electrons. The number of nitrogens with two attached hydrogens (primary N) is 1. The van der Waals surface area contributed by atoms with Gasteiger partial charge in [0.05, 0.1) is 12.7 Å². The number of nitrogens with zero attached hydrogens (tertiary/aromatic N) is 1. The number of hydrogen-bond donors (Lipinski definition) is 1. The smallest absolute Gasteiger partial charge is 0.387 e. The Kier molecular flexibility index (Phi) is 6.13. The van der Waals surface area contributed by atoms with Crippen molar-refractivity contribution >= 4 is 23.4 Å². The van der Waals surface area contributed by atoms with Crippen LogP contribution in [-0.2, 0) is 4.84 Å². The number of rotatable bonds is 6. The summed E-state index contributed by atoms with van der Waals surface area (Å²) >= 11 is 5.88. The fourth-order valence-corrected chi connectivity index (χ4v) is 2.08. The van der Waals surface area contributed by atoms with Gasteiger partial charge in [-0.05, 0) is 30.3 Å². The molecule has 2 aromatic rings. The van der Waals surface area contributed by atoms with Gasteiger partial charge in [0, 0.05) is 5.02 Å². The third-order valence-corrected chi connectivity index (χ3v) is 3.22. The molecule has 0 saturated heterocycles. The summed E-state index contributed by atoms with van der Waals surface area (Å²) in [6, 6.07) is 9.97. The van der Waals surface area contributed by atoms with E-state index in [9.17, 15) is 13.6 Å². The maximum Gasteiger partial charge on any atom is 0.387 e. The van der Waals surface area contributed by atoms with Crippen LogP contribution in [0.1, 0.15) is 15.9 Å². The van der Waals surface area contributed by atoms with Crippen LogP contribution in [-0.4, -0.2) is 25.5 Å². The predicted molar refractivity (Wildman–Crippen MR) is 87.2 cm³/mol. The lowest BCUT2D eigenvalue weighted by atomic mass is 10.2. The van der Waals surface area contributed by atoms with Gasteiger partial charge >= 0.3 is 12.6 Å². The van der Waals surface area contributed by atoms with Gasteiger partial charge in [-0.25, -0.2) is 4.79 Å². The Bertz CT molecular complexity index is 799. The van der Waals surface area contributed by atoms with Crippen LogP contribution in [0.4, 0.5) is 8.78 Å². The zero-order chi connectivity index (χ0) is 18.4. The van der Waals surface area contributed by atoms with Crippen molar-refractivity contribution in [3.05, 3.63) is 58.6 Å². The number of para-hydroxylation sites is 1. The van der Waals surface area contributed by atoms with Gasteiger partial charge in [-0.1, -0.05) is 28.9 Å². The highest BCUT2D eigenvalue weighted by Crippen LogP contribution is 2.23. The Labute approximate surface area is 146 Å². The first-order valence-electron chi connectivity index (χ1n) is 6.85. The number of oxime groups is 1. The molecule has 0 unspecified atom stereocenters. The molecule has 0 bridgehead atoms. The third kappa shape index (κ3) is 4.80. The first-order chi connectivity index (χ1) is 11.9. The standard InChI is InChI=1S/C16H13ClF2N2O4/c1-23-12-7-6-9(17)8-11(12)14(20)21-25-15(22)10-4-2-3-5-13(10)24-16(18)19/h2-8,16H,1H3,(H2,20,21). The highest BCUT2D eigenvalue weighted by atomic mass is 35.5. The first kappa shape index (κ1) is 18.5. The molecule has 0 amide bonds. The lowest BCUT2D eigenvalue weighted by molar-refractivity contribution is -0.0504. The van der Waals surface area contributed by atoms with E-state index in [4.69, 9.17) is 26.9 Å². The van der Waals surface area contributed by atoms with Gasteiger partial charge < -0.3 is 20.0 Å². The fraction of sp³-hybridized carbons (Fsp3) is 0.125. The molecule has 6 nitrogen and oxygen atoms in total. The number of methoxy groups -OCH3 is 1. The number of hydrogen-bond acceptors (Lipinski definition) is 5. The summed E-state index contributed by atoms with van der Waals surface area (Å²) in [5, 5.41) is 3.88. The maximum atomic E-state index is 12.4. The zero-order valence-corrected chi connectivity index (χ0v) is 13.7. The second-order valence-electron chi connectivity index (χ2n) is 4.57. The van der Waals surface area contributed by atoms with E-state index >= 15 is 0 Å². The van der Waals surface area contributed by atoms with Gasteiger partial charge in [0.2, 0.25) is 0 Å². The highest BCUT2D eigenvalue weighted by molar-refractivity contribution is 6.31. The van der Waals surface area contributed by atoms with Crippen LogP contribution < -0.4 is 15.2 Å². The lowest BCUT2D eigenvalue weighted by Crippen LogP contribution is -2.17. The molecule has 0 aromatic heterocycles. The van der Waals surface area contributed by atoms with Crippen molar-refractivity contribution in [3.63, 3.8) is 0 Å². The molecule has 0 spiro atoms. The van der Waals surface area contributed by atoms with Crippen molar-refractivity contribution in [2.75, 3.05) is 7.11 Å². The van der Waals surface area contributed by atoms with E-state index in [1.165, 1.54) is 37.4 Å². The minimum absolute atomic E-state index is 0.181. The zero-order valence-electron chi connectivity index (χ0n) is 12.9. The summed E-state index contributed by atoms with van der Waals surface area (Å²) in [6.07, 6.45) is 0. The minimum atomic E-state index is -3.08. The molecule has 0 aliphatic carbocycles. The molecular formula is C16H13ClF2N2O4. The van der Waals surface area contributed by atoms with Gasteiger partial charge in [-0.15, -0.1) is 0 Å². The summed E-state index contributed by atoms with van der Waals surface area (Å²) in [4.78, 5) is 16.7. The maximum absolute atomic E-state index is 12.4. The normalized spacial score (nSPS) is 11.3. The predicted octanol–water partition coefficient (Wildman–Crippen LogP) is 3.43. The van der Waals surface area contributed by atoms with Crippen molar-refractivity contribution in [2.24, 2.45) is 10.9 Å². The number of carbonyl (C=O) groups excluding carboxylic acids is 1. The van der Waals surface area contributed by atoms with Crippen molar-refractivity contribution in [2.45, 2.75) is 6.61 Å². The van der Waals surface area contributed by atoms with Crippen LogP contribution >= 0.6 is 11.6 Å². The second-order valence-corrected chi connectivity index (χ2v) is 5.01. The van der Waals surface area contributed by atoms with Gasteiger partial charge in [0.1, 0.15) is 17.1 Å². The molecule has 0 saturated carbocycles. The molecule has 0 fully saturated rings. The van der Waals surface area contributed by atoms with E-state index in [0.29, 0.717) is 16.3 Å². The van der Waals surface area contributed by atoms with E-state index in [0.717, 1.165) is 0 Å². The van der Waals surface area contributed by atoms with E-state index in [2.05, 4.69) is 9.89 Å². The largest absolute Gasteiger partial charge is 0.496 e. The molecule has 2 rings (SSSR count). The van der Waals surface area contributed by atoms with E-state index in [1.54, 1.807) is 12.1 Å². The first-order valence-corrected chi connectivity index (χ1v) is 7.22. The molecule has 9 heteroatoms. The summed E-state index contributed by atoms with van der Waals surface area (Å²) in [6.45, 7) is -3.08.